The molecule has 24 heavy (non-hydrogen) atoms. The van der Waals surface area contributed by atoms with Crippen LogP contribution in [0, 0.1) is 5.82 Å². The predicted octanol–water partition coefficient (Wildman–Crippen LogP) is 2.84. The second kappa shape index (κ2) is 9.82. The summed E-state index contributed by atoms with van der Waals surface area (Å²) in [5.74, 6) is 0.273. The summed E-state index contributed by atoms with van der Waals surface area (Å²) >= 11 is 7.43. The van der Waals surface area contributed by atoms with Crippen LogP contribution in [0.4, 0.5) is 4.39 Å². The maximum Gasteiger partial charge on any atom is 0.237 e. The van der Waals surface area contributed by atoms with Gasteiger partial charge >= 0.3 is 0 Å². The molecular formula is C16H24Cl2FN3OS. The van der Waals surface area contributed by atoms with Gasteiger partial charge in [-0.05, 0) is 49.6 Å². The molecule has 0 bridgehead atoms. The van der Waals surface area contributed by atoms with Crippen molar-refractivity contribution in [2.45, 2.75) is 31.0 Å². The largest absolute Gasteiger partial charge is 0.350 e. The molecule has 2 rings (SSSR count). The molecule has 3 atom stereocenters. The van der Waals surface area contributed by atoms with Gasteiger partial charge in [-0.1, -0.05) is 17.7 Å². The van der Waals surface area contributed by atoms with E-state index in [0.29, 0.717) is 6.42 Å². The van der Waals surface area contributed by atoms with Crippen molar-refractivity contribution in [2.75, 3.05) is 25.6 Å². The summed E-state index contributed by atoms with van der Waals surface area (Å²) in [5.41, 5.74) is 6.74. The van der Waals surface area contributed by atoms with Crippen molar-refractivity contribution in [3.05, 3.63) is 34.6 Å². The number of amides is 1. The number of nitrogens with one attached hydrogen (secondary N) is 1. The Morgan fingerprint density at radius 2 is 2.29 bits per heavy atom. The van der Waals surface area contributed by atoms with E-state index in [2.05, 4.69) is 10.2 Å². The smallest absolute Gasteiger partial charge is 0.237 e. The number of likely N-dealkylation sites (tertiary alicyclic amines) is 1. The summed E-state index contributed by atoms with van der Waals surface area (Å²) < 4.78 is 13.8. The highest BCUT2D eigenvalue weighted by molar-refractivity contribution is 7.98. The van der Waals surface area contributed by atoms with Gasteiger partial charge in [-0.3, -0.25) is 9.69 Å². The van der Waals surface area contributed by atoms with Gasteiger partial charge < -0.3 is 11.1 Å². The van der Waals surface area contributed by atoms with Gasteiger partial charge in [0, 0.05) is 12.6 Å². The number of carbonyl (C=O) groups is 1. The van der Waals surface area contributed by atoms with E-state index in [1.807, 2.05) is 19.4 Å². The highest BCUT2D eigenvalue weighted by atomic mass is 35.5. The van der Waals surface area contributed by atoms with Crippen molar-refractivity contribution >= 4 is 41.7 Å². The van der Waals surface area contributed by atoms with Crippen molar-refractivity contribution < 1.29 is 9.18 Å². The zero-order chi connectivity index (χ0) is 17.0. The fourth-order valence-electron chi connectivity index (χ4n) is 2.95. The zero-order valence-electron chi connectivity index (χ0n) is 13.8. The van der Waals surface area contributed by atoms with Crippen LogP contribution in [-0.2, 0) is 4.79 Å². The molecule has 0 aromatic heterocycles. The minimum absolute atomic E-state index is 0. The van der Waals surface area contributed by atoms with Crippen LogP contribution in [-0.4, -0.2) is 48.5 Å². The third-order valence-corrected chi connectivity index (χ3v) is 5.18. The maximum atomic E-state index is 13.8. The average Bonchev–Trinajstić information content (AvgIpc) is 2.88. The van der Waals surface area contributed by atoms with Gasteiger partial charge in [0.05, 0.1) is 17.1 Å². The van der Waals surface area contributed by atoms with E-state index in [-0.39, 0.29) is 35.4 Å². The van der Waals surface area contributed by atoms with Crippen LogP contribution in [0.5, 0.6) is 0 Å². The molecule has 0 spiro atoms. The molecule has 1 aliphatic heterocycles. The van der Waals surface area contributed by atoms with Gasteiger partial charge in [0.15, 0.2) is 0 Å². The number of nitrogens with two attached hydrogens (primary N) is 1. The van der Waals surface area contributed by atoms with Crippen molar-refractivity contribution in [2.24, 2.45) is 5.73 Å². The number of thioether (sulfide) groups is 1. The lowest BCUT2D eigenvalue weighted by atomic mass is 9.99. The van der Waals surface area contributed by atoms with E-state index in [1.165, 1.54) is 6.07 Å². The summed E-state index contributed by atoms with van der Waals surface area (Å²) in [4.78, 5) is 14.4. The standard InChI is InChI=1S/C16H23ClFN3OS.ClH/c1-21-7-5-14(20-16(22)13(19)6-8-23-2)15(21)10-3-4-11(17)12(18)9-10;/h3-4,9,13-15H,5-8,19H2,1-2H3,(H,20,22);1H. The van der Waals surface area contributed by atoms with Crippen LogP contribution < -0.4 is 11.1 Å². The van der Waals surface area contributed by atoms with Gasteiger partial charge in [0.2, 0.25) is 5.91 Å². The molecule has 1 saturated heterocycles. The Morgan fingerprint density at radius 1 is 1.58 bits per heavy atom. The summed E-state index contributed by atoms with van der Waals surface area (Å²) in [5, 5.41) is 3.14. The molecule has 8 heteroatoms. The second-order valence-corrected chi connectivity index (χ2v) is 7.28. The molecule has 3 unspecified atom stereocenters. The number of hydrogen-bond acceptors (Lipinski definition) is 4. The molecule has 136 valence electrons. The van der Waals surface area contributed by atoms with E-state index in [9.17, 15) is 9.18 Å². The van der Waals surface area contributed by atoms with E-state index in [4.69, 9.17) is 17.3 Å². The van der Waals surface area contributed by atoms with Crippen LogP contribution in [0.15, 0.2) is 18.2 Å². The first kappa shape index (κ1) is 21.5. The molecule has 1 aromatic rings. The van der Waals surface area contributed by atoms with Crippen molar-refractivity contribution in [1.29, 1.82) is 0 Å². The molecule has 0 radical (unpaired) electrons. The van der Waals surface area contributed by atoms with E-state index >= 15 is 0 Å². The Hall–Kier alpha value is -0.530. The Kier molecular flexibility index (Phi) is 8.81. The number of nitrogens with zero attached hydrogens (tertiary/aromatic N) is 1. The maximum absolute atomic E-state index is 13.8. The SMILES string of the molecule is CSCCC(N)C(=O)NC1CCN(C)C1c1ccc(Cl)c(F)c1.Cl. The molecule has 3 N–H and O–H groups in total. The van der Waals surface area contributed by atoms with Crippen molar-refractivity contribution in [3.63, 3.8) is 0 Å². The Morgan fingerprint density at radius 3 is 2.92 bits per heavy atom. The molecular weight excluding hydrogens is 372 g/mol. The lowest BCUT2D eigenvalue weighted by molar-refractivity contribution is -0.123. The van der Waals surface area contributed by atoms with Crippen LogP contribution >= 0.6 is 35.8 Å². The Balaban J connectivity index is 0.00000288. The zero-order valence-corrected chi connectivity index (χ0v) is 16.2. The van der Waals surface area contributed by atoms with Gasteiger partial charge in [-0.2, -0.15) is 11.8 Å². The Bertz CT molecular complexity index is 564. The third kappa shape index (κ3) is 5.23. The first-order valence-corrected chi connectivity index (χ1v) is 9.41. The monoisotopic (exact) mass is 395 g/mol. The first-order chi connectivity index (χ1) is 10.9. The van der Waals surface area contributed by atoms with Gasteiger partial charge in [-0.25, -0.2) is 4.39 Å². The molecule has 1 aromatic carbocycles. The number of halogens is 3. The quantitative estimate of drug-likeness (QED) is 0.777. The fourth-order valence-corrected chi connectivity index (χ4v) is 3.55. The predicted molar refractivity (Wildman–Crippen MR) is 102 cm³/mol. The fraction of sp³-hybridized carbons (Fsp3) is 0.562. The van der Waals surface area contributed by atoms with Crippen molar-refractivity contribution in [1.82, 2.24) is 10.2 Å². The molecule has 1 heterocycles. The number of likely N-dealkylation sites (N-methyl/N-ethyl adjacent to an activating group) is 1. The van der Waals surface area contributed by atoms with Crippen molar-refractivity contribution in [3.8, 4) is 0 Å². The lowest BCUT2D eigenvalue weighted by Gasteiger charge is -2.27. The van der Waals surface area contributed by atoms with Crippen LogP contribution in [0.25, 0.3) is 0 Å². The van der Waals surface area contributed by atoms with E-state index < -0.39 is 11.9 Å². The minimum atomic E-state index is -0.504. The molecule has 1 aliphatic rings. The Labute approximate surface area is 158 Å². The van der Waals surface area contributed by atoms with E-state index in [0.717, 1.165) is 24.3 Å². The normalized spacial score (nSPS) is 22.0. The highest BCUT2D eigenvalue weighted by Crippen LogP contribution is 2.32. The number of benzene rings is 1. The van der Waals surface area contributed by atoms with Gasteiger partial charge in [0.1, 0.15) is 5.82 Å². The van der Waals surface area contributed by atoms with Crippen LogP contribution in [0.2, 0.25) is 5.02 Å². The highest BCUT2D eigenvalue weighted by Gasteiger charge is 2.35. The van der Waals surface area contributed by atoms with E-state index in [1.54, 1.807) is 17.8 Å². The topological polar surface area (TPSA) is 58.4 Å². The third-order valence-electron chi connectivity index (χ3n) is 4.23. The second-order valence-electron chi connectivity index (χ2n) is 5.89. The van der Waals surface area contributed by atoms with Crippen LogP contribution in [0.1, 0.15) is 24.4 Å². The molecule has 4 nitrogen and oxygen atoms in total. The number of carbonyl (C=O) groups excluding carboxylic acids is 1. The first-order valence-electron chi connectivity index (χ1n) is 7.64. The minimum Gasteiger partial charge on any atom is -0.350 e. The number of hydrogen-bond donors (Lipinski definition) is 2. The summed E-state index contributed by atoms with van der Waals surface area (Å²) in [7, 11) is 1.97. The van der Waals surface area contributed by atoms with Crippen LogP contribution in [0.3, 0.4) is 0 Å². The van der Waals surface area contributed by atoms with Gasteiger partial charge in [0.25, 0.3) is 0 Å². The lowest BCUT2D eigenvalue weighted by Crippen LogP contribution is -2.47. The average molecular weight is 396 g/mol. The molecule has 1 fully saturated rings. The summed E-state index contributed by atoms with van der Waals surface area (Å²) in [6, 6.07) is 4.16. The summed E-state index contributed by atoms with van der Waals surface area (Å²) in [6.45, 7) is 0.833. The van der Waals surface area contributed by atoms with Gasteiger partial charge in [-0.15, -0.1) is 12.4 Å². The summed E-state index contributed by atoms with van der Waals surface area (Å²) in [6.07, 6.45) is 3.45. The number of rotatable bonds is 6. The molecule has 0 aliphatic carbocycles. The molecule has 1 amide bonds. The molecule has 0 saturated carbocycles.